The molecule has 2 rings (SSSR count). The third-order valence-electron chi connectivity index (χ3n) is 3.00. The Bertz CT molecular complexity index is 352. The summed E-state index contributed by atoms with van der Waals surface area (Å²) in [6.07, 6.45) is 2.77. The first-order valence-electron chi connectivity index (χ1n) is 5.62. The summed E-state index contributed by atoms with van der Waals surface area (Å²) < 4.78 is 0. The zero-order valence-electron chi connectivity index (χ0n) is 9.93. The summed E-state index contributed by atoms with van der Waals surface area (Å²) in [6.45, 7) is 2.47. The maximum Gasteiger partial charge on any atom is 0.195 e. The topological polar surface area (TPSA) is 45.2 Å². The number of aromatic nitrogens is 1. The molecule has 1 fully saturated rings. The number of pyridine rings is 1. The summed E-state index contributed by atoms with van der Waals surface area (Å²) in [7, 11) is 2.00. The lowest BCUT2D eigenvalue weighted by atomic mass is 10.2. The van der Waals surface area contributed by atoms with E-state index in [0.29, 0.717) is 18.3 Å². The first kappa shape index (κ1) is 14.1. The molecule has 1 aliphatic rings. The van der Waals surface area contributed by atoms with Gasteiger partial charge in [-0.15, -0.1) is 12.4 Å². The van der Waals surface area contributed by atoms with Gasteiger partial charge >= 0.3 is 0 Å². The van der Waals surface area contributed by atoms with Gasteiger partial charge in [0.05, 0.1) is 6.54 Å². The van der Waals surface area contributed by atoms with Crippen molar-refractivity contribution in [1.82, 2.24) is 15.2 Å². The van der Waals surface area contributed by atoms with Crippen LogP contribution in [0.4, 0.5) is 0 Å². The summed E-state index contributed by atoms with van der Waals surface area (Å²) in [6, 6.07) is 5.91. The fraction of sp³-hybridized carbons (Fsp3) is 0.500. The number of carbonyl (C=O) groups is 1. The minimum Gasteiger partial charge on any atom is -0.315 e. The minimum atomic E-state index is 0. The predicted octanol–water partition coefficient (Wildman–Crippen LogP) is 0.980. The normalized spacial score (nSPS) is 19.1. The quantitative estimate of drug-likeness (QED) is 0.815. The Morgan fingerprint density at radius 3 is 3.00 bits per heavy atom. The third kappa shape index (κ3) is 3.77. The maximum atomic E-state index is 11.9. The summed E-state index contributed by atoms with van der Waals surface area (Å²) in [5.74, 6) is 0.0926. The molecule has 0 unspecified atom stereocenters. The van der Waals surface area contributed by atoms with Gasteiger partial charge in [0.15, 0.2) is 5.78 Å². The monoisotopic (exact) mass is 255 g/mol. The minimum absolute atomic E-state index is 0. The molecule has 94 valence electrons. The zero-order chi connectivity index (χ0) is 11.4. The highest BCUT2D eigenvalue weighted by Gasteiger charge is 2.21. The third-order valence-corrected chi connectivity index (χ3v) is 3.00. The van der Waals surface area contributed by atoms with Gasteiger partial charge in [0.1, 0.15) is 5.69 Å². The number of likely N-dealkylation sites (N-methyl/N-ethyl adjacent to an activating group) is 1. The van der Waals surface area contributed by atoms with E-state index in [1.54, 1.807) is 12.3 Å². The lowest BCUT2D eigenvalue weighted by Crippen LogP contribution is -2.37. The largest absolute Gasteiger partial charge is 0.315 e. The van der Waals surface area contributed by atoms with Crippen LogP contribution >= 0.6 is 12.4 Å². The highest BCUT2D eigenvalue weighted by Crippen LogP contribution is 2.07. The maximum absolute atomic E-state index is 11.9. The second-order valence-corrected chi connectivity index (χ2v) is 4.20. The fourth-order valence-electron chi connectivity index (χ4n) is 1.98. The highest BCUT2D eigenvalue weighted by molar-refractivity contribution is 5.95. The number of hydrogen-bond donors (Lipinski definition) is 1. The molecule has 1 atom stereocenters. The molecule has 0 aromatic carbocycles. The van der Waals surface area contributed by atoms with Crippen molar-refractivity contribution >= 4 is 18.2 Å². The number of nitrogens with zero attached hydrogens (tertiary/aromatic N) is 2. The van der Waals surface area contributed by atoms with E-state index in [0.717, 1.165) is 19.5 Å². The zero-order valence-corrected chi connectivity index (χ0v) is 10.7. The van der Waals surface area contributed by atoms with Crippen LogP contribution in [0.5, 0.6) is 0 Å². The van der Waals surface area contributed by atoms with Crippen molar-refractivity contribution in [2.75, 3.05) is 26.7 Å². The first-order chi connectivity index (χ1) is 7.77. The van der Waals surface area contributed by atoms with E-state index in [-0.39, 0.29) is 18.2 Å². The highest BCUT2D eigenvalue weighted by atomic mass is 35.5. The van der Waals surface area contributed by atoms with Crippen LogP contribution in [-0.2, 0) is 0 Å². The molecule has 17 heavy (non-hydrogen) atoms. The van der Waals surface area contributed by atoms with E-state index >= 15 is 0 Å². The van der Waals surface area contributed by atoms with E-state index in [1.807, 2.05) is 19.2 Å². The fourth-order valence-corrected chi connectivity index (χ4v) is 1.98. The van der Waals surface area contributed by atoms with Crippen LogP contribution in [0.15, 0.2) is 24.4 Å². The van der Waals surface area contributed by atoms with Crippen LogP contribution in [-0.4, -0.2) is 48.4 Å². The average Bonchev–Trinajstić information content (AvgIpc) is 2.83. The lowest BCUT2D eigenvalue weighted by Gasteiger charge is -2.22. The van der Waals surface area contributed by atoms with Gasteiger partial charge in [0.25, 0.3) is 0 Å². The summed E-state index contributed by atoms with van der Waals surface area (Å²) in [5, 5.41) is 3.30. The summed E-state index contributed by atoms with van der Waals surface area (Å²) >= 11 is 0. The number of nitrogens with one attached hydrogen (secondary N) is 1. The van der Waals surface area contributed by atoms with E-state index in [2.05, 4.69) is 15.2 Å². The van der Waals surface area contributed by atoms with Crippen molar-refractivity contribution < 1.29 is 4.79 Å². The van der Waals surface area contributed by atoms with Crippen molar-refractivity contribution in [3.05, 3.63) is 30.1 Å². The van der Waals surface area contributed by atoms with Gasteiger partial charge in [0.2, 0.25) is 0 Å². The standard InChI is InChI=1S/C12H17N3O.ClH/c1-15(10-5-7-13-8-10)9-12(16)11-4-2-3-6-14-11;/h2-4,6,10,13H,5,7-9H2,1H3;1H/t10-;/m0./s1. The van der Waals surface area contributed by atoms with Crippen LogP contribution in [0.1, 0.15) is 16.9 Å². The molecule has 0 spiro atoms. The van der Waals surface area contributed by atoms with Crippen LogP contribution in [0.2, 0.25) is 0 Å². The molecule has 1 saturated heterocycles. The molecule has 0 aliphatic carbocycles. The molecule has 0 bridgehead atoms. The van der Waals surface area contributed by atoms with Gasteiger partial charge in [-0.1, -0.05) is 6.07 Å². The van der Waals surface area contributed by atoms with Crippen LogP contribution in [0.3, 0.4) is 0 Å². The second kappa shape index (κ2) is 6.69. The SMILES string of the molecule is CN(CC(=O)c1ccccn1)[C@H]1CCNC1.Cl. The van der Waals surface area contributed by atoms with E-state index in [4.69, 9.17) is 0 Å². The molecule has 1 N–H and O–H groups in total. The molecule has 1 aromatic heterocycles. The molecule has 0 amide bonds. The number of rotatable bonds is 4. The smallest absolute Gasteiger partial charge is 0.195 e. The van der Waals surface area contributed by atoms with Crippen molar-refractivity contribution in [2.45, 2.75) is 12.5 Å². The molecule has 1 aromatic rings. The molecule has 4 nitrogen and oxygen atoms in total. The van der Waals surface area contributed by atoms with Crippen LogP contribution < -0.4 is 5.32 Å². The number of ketones is 1. The predicted molar refractivity (Wildman–Crippen MR) is 69.7 cm³/mol. The number of carbonyl (C=O) groups excluding carboxylic acids is 1. The van der Waals surface area contributed by atoms with Gasteiger partial charge < -0.3 is 5.32 Å². The first-order valence-corrected chi connectivity index (χ1v) is 5.62. The number of Topliss-reactive ketones (excluding diaryl/α,β-unsaturated/α-hetero) is 1. The Labute approximate surface area is 108 Å². The van der Waals surface area contributed by atoms with E-state index < -0.39 is 0 Å². The summed E-state index contributed by atoms with van der Waals surface area (Å²) in [5.41, 5.74) is 0.556. The second-order valence-electron chi connectivity index (χ2n) is 4.20. The van der Waals surface area contributed by atoms with Crippen molar-refractivity contribution in [3.8, 4) is 0 Å². The van der Waals surface area contributed by atoms with Crippen molar-refractivity contribution in [2.24, 2.45) is 0 Å². The van der Waals surface area contributed by atoms with Gasteiger partial charge in [0, 0.05) is 18.8 Å². The van der Waals surface area contributed by atoms with Gasteiger partial charge in [-0.25, -0.2) is 0 Å². The summed E-state index contributed by atoms with van der Waals surface area (Å²) in [4.78, 5) is 18.1. The van der Waals surface area contributed by atoms with Gasteiger partial charge in [-0.2, -0.15) is 0 Å². The Hall–Kier alpha value is -0.970. The van der Waals surface area contributed by atoms with Crippen LogP contribution in [0, 0.1) is 0 Å². The van der Waals surface area contributed by atoms with E-state index in [9.17, 15) is 4.79 Å². The Balaban J connectivity index is 0.00000144. The molecular formula is C12H18ClN3O. The Morgan fingerprint density at radius 1 is 1.59 bits per heavy atom. The molecule has 2 heterocycles. The Kier molecular flexibility index (Phi) is 5.55. The van der Waals surface area contributed by atoms with Gasteiger partial charge in [-0.3, -0.25) is 14.7 Å². The molecule has 0 saturated carbocycles. The molecule has 5 heteroatoms. The lowest BCUT2D eigenvalue weighted by molar-refractivity contribution is 0.0920. The number of halogens is 1. The van der Waals surface area contributed by atoms with Crippen molar-refractivity contribution in [3.63, 3.8) is 0 Å². The van der Waals surface area contributed by atoms with Crippen LogP contribution in [0.25, 0.3) is 0 Å². The van der Waals surface area contributed by atoms with Gasteiger partial charge in [-0.05, 0) is 32.1 Å². The number of hydrogen-bond acceptors (Lipinski definition) is 4. The molecule has 0 radical (unpaired) electrons. The Morgan fingerprint density at radius 2 is 2.41 bits per heavy atom. The van der Waals surface area contributed by atoms with E-state index in [1.165, 1.54) is 0 Å². The van der Waals surface area contributed by atoms with Crippen molar-refractivity contribution in [1.29, 1.82) is 0 Å². The molecular weight excluding hydrogens is 238 g/mol. The average molecular weight is 256 g/mol. The molecule has 1 aliphatic heterocycles.